The van der Waals surface area contributed by atoms with E-state index in [4.69, 9.17) is 4.74 Å². The predicted molar refractivity (Wildman–Crippen MR) is 130 cm³/mol. The minimum Gasteiger partial charge on any atom is -0.378 e. The number of H-pyrrole nitrogens is 1. The summed E-state index contributed by atoms with van der Waals surface area (Å²) in [5.74, 6) is 0.0805. The zero-order valence-corrected chi connectivity index (χ0v) is 18.7. The molecule has 33 heavy (non-hydrogen) atoms. The quantitative estimate of drug-likeness (QED) is 0.405. The van der Waals surface area contributed by atoms with Gasteiger partial charge in [0.05, 0.1) is 25.2 Å². The van der Waals surface area contributed by atoms with E-state index >= 15 is 0 Å². The molecule has 3 N–H and O–H groups in total. The molecule has 4 aromatic rings. The van der Waals surface area contributed by atoms with Crippen LogP contribution in [-0.4, -0.2) is 48.3 Å². The molecule has 9 heteroatoms. The van der Waals surface area contributed by atoms with Crippen molar-refractivity contribution in [3.63, 3.8) is 0 Å². The van der Waals surface area contributed by atoms with Gasteiger partial charge >= 0.3 is 0 Å². The van der Waals surface area contributed by atoms with Gasteiger partial charge in [0.2, 0.25) is 5.91 Å². The molecule has 0 radical (unpaired) electrons. The maximum absolute atomic E-state index is 12.8. The molecule has 0 bridgehead atoms. The number of morpholine rings is 1. The van der Waals surface area contributed by atoms with E-state index in [1.165, 1.54) is 0 Å². The molecule has 2 aromatic carbocycles. The van der Waals surface area contributed by atoms with Crippen LogP contribution in [0.15, 0.2) is 60.0 Å². The number of hydrogen-bond acceptors (Lipinski definition) is 6. The number of anilines is 3. The number of nitrogens with zero attached hydrogens (tertiary/aromatic N) is 2. The van der Waals surface area contributed by atoms with Crippen LogP contribution in [0.1, 0.15) is 15.2 Å². The van der Waals surface area contributed by atoms with Crippen molar-refractivity contribution in [2.45, 2.75) is 6.42 Å². The van der Waals surface area contributed by atoms with Crippen molar-refractivity contribution in [1.29, 1.82) is 0 Å². The summed E-state index contributed by atoms with van der Waals surface area (Å²) in [7, 11) is 0. The van der Waals surface area contributed by atoms with Gasteiger partial charge in [-0.1, -0.05) is 6.07 Å². The van der Waals surface area contributed by atoms with Gasteiger partial charge in [0.25, 0.3) is 5.91 Å². The number of ether oxygens (including phenoxy) is 1. The Morgan fingerprint density at radius 1 is 1.06 bits per heavy atom. The van der Waals surface area contributed by atoms with Crippen molar-refractivity contribution in [1.82, 2.24) is 10.2 Å². The van der Waals surface area contributed by atoms with Crippen LogP contribution in [0, 0.1) is 0 Å². The topological polar surface area (TPSA) is 99.3 Å². The average Bonchev–Trinajstić information content (AvgIpc) is 3.50. The van der Waals surface area contributed by atoms with Crippen LogP contribution in [0.2, 0.25) is 0 Å². The van der Waals surface area contributed by atoms with E-state index in [-0.39, 0.29) is 11.8 Å². The lowest BCUT2D eigenvalue weighted by molar-refractivity contribution is -0.115. The molecule has 2 aromatic heterocycles. The summed E-state index contributed by atoms with van der Waals surface area (Å²) in [5.41, 5.74) is 3.03. The maximum atomic E-state index is 12.8. The van der Waals surface area contributed by atoms with Crippen LogP contribution in [0.4, 0.5) is 17.2 Å². The smallest absolute Gasteiger partial charge is 0.256 e. The zero-order valence-electron chi connectivity index (χ0n) is 17.8. The second kappa shape index (κ2) is 9.43. The van der Waals surface area contributed by atoms with Crippen LogP contribution in [0.5, 0.6) is 0 Å². The molecule has 1 aliphatic heterocycles. The first-order chi connectivity index (χ1) is 16.2. The van der Waals surface area contributed by atoms with Crippen molar-refractivity contribution < 1.29 is 14.3 Å². The van der Waals surface area contributed by atoms with Crippen LogP contribution in [0.25, 0.3) is 10.9 Å². The van der Waals surface area contributed by atoms with Gasteiger partial charge in [-0.2, -0.15) is 5.10 Å². The highest BCUT2D eigenvalue weighted by Crippen LogP contribution is 2.25. The molecule has 1 aliphatic rings. The number of hydrogen-bond donors (Lipinski definition) is 3. The highest BCUT2D eigenvalue weighted by atomic mass is 32.1. The molecule has 5 rings (SSSR count). The molecule has 3 heterocycles. The van der Waals surface area contributed by atoms with Gasteiger partial charge in [0.15, 0.2) is 5.82 Å². The molecule has 0 spiro atoms. The number of thiophene rings is 1. The van der Waals surface area contributed by atoms with Crippen molar-refractivity contribution in [2.24, 2.45) is 0 Å². The second-order valence-corrected chi connectivity index (χ2v) is 8.77. The molecule has 0 unspecified atom stereocenters. The lowest BCUT2D eigenvalue weighted by Crippen LogP contribution is -2.36. The summed E-state index contributed by atoms with van der Waals surface area (Å²) in [6.07, 6.45) is 0.325. The molecule has 0 atom stereocenters. The first-order valence-electron chi connectivity index (χ1n) is 10.7. The average molecular weight is 462 g/mol. The number of rotatable bonds is 6. The Morgan fingerprint density at radius 3 is 2.64 bits per heavy atom. The normalized spacial score (nSPS) is 13.8. The molecule has 1 saturated heterocycles. The monoisotopic (exact) mass is 461 g/mol. The van der Waals surface area contributed by atoms with Gasteiger partial charge in [-0.05, 0) is 53.9 Å². The largest absolute Gasteiger partial charge is 0.378 e. The summed E-state index contributed by atoms with van der Waals surface area (Å²) in [6, 6.07) is 16.8. The standard InChI is InChI=1S/C24H23N5O3S/c30-22(15-19-2-1-13-33-19)25-17-5-8-21-20(14-17)23(28-27-21)26-24(31)16-3-6-18(7-4-16)29-9-11-32-12-10-29/h1-8,13-14H,9-12,15H2,(H,25,30)(H2,26,27,28,31). The maximum Gasteiger partial charge on any atom is 0.256 e. The van der Waals surface area contributed by atoms with E-state index in [1.807, 2.05) is 60.0 Å². The molecule has 1 fully saturated rings. The van der Waals surface area contributed by atoms with E-state index in [0.29, 0.717) is 36.7 Å². The highest BCUT2D eigenvalue weighted by molar-refractivity contribution is 7.10. The van der Waals surface area contributed by atoms with E-state index in [9.17, 15) is 9.59 Å². The number of benzene rings is 2. The summed E-state index contributed by atoms with van der Waals surface area (Å²) < 4.78 is 5.39. The highest BCUT2D eigenvalue weighted by Gasteiger charge is 2.15. The van der Waals surface area contributed by atoms with Crippen LogP contribution >= 0.6 is 11.3 Å². The van der Waals surface area contributed by atoms with Gasteiger partial charge in [-0.25, -0.2) is 0 Å². The molecule has 168 valence electrons. The number of carbonyl (C=O) groups is 2. The van der Waals surface area contributed by atoms with E-state index < -0.39 is 0 Å². The summed E-state index contributed by atoms with van der Waals surface area (Å²) >= 11 is 1.55. The summed E-state index contributed by atoms with van der Waals surface area (Å²) in [4.78, 5) is 28.4. The van der Waals surface area contributed by atoms with Crippen LogP contribution < -0.4 is 15.5 Å². The Balaban J connectivity index is 1.27. The second-order valence-electron chi connectivity index (χ2n) is 7.74. The van der Waals surface area contributed by atoms with Gasteiger partial charge in [-0.15, -0.1) is 11.3 Å². The first-order valence-corrected chi connectivity index (χ1v) is 11.6. The van der Waals surface area contributed by atoms with Crippen molar-refractivity contribution in [3.8, 4) is 0 Å². The molecule has 0 saturated carbocycles. The molecule has 2 amide bonds. The minimum absolute atomic E-state index is 0.0914. The zero-order chi connectivity index (χ0) is 22.6. The Labute approximate surface area is 194 Å². The Bertz CT molecular complexity index is 1260. The molecular weight excluding hydrogens is 438 g/mol. The van der Waals surface area contributed by atoms with Gasteiger partial charge < -0.3 is 20.3 Å². The van der Waals surface area contributed by atoms with Crippen molar-refractivity contribution >= 4 is 51.2 Å². The minimum atomic E-state index is -0.246. The van der Waals surface area contributed by atoms with Crippen molar-refractivity contribution in [2.75, 3.05) is 41.8 Å². The van der Waals surface area contributed by atoms with Crippen LogP contribution in [0.3, 0.4) is 0 Å². The number of aromatic nitrogens is 2. The van der Waals surface area contributed by atoms with Crippen molar-refractivity contribution in [3.05, 3.63) is 70.4 Å². The predicted octanol–water partition coefficient (Wildman–Crippen LogP) is 3.89. The Kier molecular flexibility index (Phi) is 6.05. The summed E-state index contributed by atoms with van der Waals surface area (Å²) in [5, 5.41) is 15.6. The number of aromatic amines is 1. The fourth-order valence-corrected chi connectivity index (χ4v) is 4.49. The molecule has 8 nitrogen and oxygen atoms in total. The van der Waals surface area contributed by atoms with E-state index in [2.05, 4.69) is 25.7 Å². The Morgan fingerprint density at radius 2 is 1.88 bits per heavy atom. The number of nitrogens with one attached hydrogen (secondary N) is 3. The third kappa shape index (κ3) is 4.89. The first kappa shape index (κ1) is 21.2. The molecular formula is C24H23N5O3S. The van der Waals surface area contributed by atoms with Gasteiger partial charge in [0, 0.05) is 40.3 Å². The number of fused-ring (bicyclic) bond motifs is 1. The number of amides is 2. The third-order valence-electron chi connectivity index (χ3n) is 5.50. The lowest BCUT2D eigenvalue weighted by Gasteiger charge is -2.28. The lowest BCUT2D eigenvalue weighted by atomic mass is 10.1. The van der Waals surface area contributed by atoms with Gasteiger partial charge in [0.1, 0.15) is 0 Å². The van der Waals surface area contributed by atoms with E-state index in [1.54, 1.807) is 11.3 Å². The van der Waals surface area contributed by atoms with Gasteiger partial charge in [-0.3, -0.25) is 14.7 Å². The third-order valence-corrected chi connectivity index (χ3v) is 6.38. The fourth-order valence-electron chi connectivity index (χ4n) is 3.79. The fraction of sp³-hybridized carbons (Fsp3) is 0.208. The van der Waals surface area contributed by atoms with E-state index in [0.717, 1.165) is 34.6 Å². The van der Waals surface area contributed by atoms with Crippen LogP contribution in [-0.2, 0) is 16.0 Å². The SMILES string of the molecule is O=C(Cc1cccs1)Nc1ccc2[nH]nc(NC(=O)c3ccc(N4CCOCC4)cc3)c2c1. The summed E-state index contributed by atoms with van der Waals surface area (Å²) in [6.45, 7) is 3.11. The Hall–Kier alpha value is -3.69. The number of carbonyl (C=O) groups excluding carboxylic acids is 2. The molecule has 0 aliphatic carbocycles.